The second-order valence-corrected chi connectivity index (χ2v) is 8.29. The van der Waals surface area contributed by atoms with Gasteiger partial charge in [-0.25, -0.2) is 9.07 Å². The maximum absolute atomic E-state index is 13.3. The lowest BCUT2D eigenvalue weighted by Gasteiger charge is -2.19. The summed E-state index contributed by atoms with van der Waals surface area (Å²) in [6.07, 6.45) is 5.17. The van der Waals surface area contributed by atoms with Crippen LogP contribution in [0.1, 0.15) is 45.7 Å². The van der Waals surface area contributed by atoms with Crippen LogP contribution in [0.25, 0.3) is 11.8 Å². The van der Waals surface area contributed by atoms with Crippen LogP contribution in [0.5, 0.6) is 0 Å². The quantitative estimate of drug-likeness (QED) is 0.571. The molecule has 0 bridgehead atoms. The molecule has 0 radical (unpaired) electrons. The van der Waals surface area contributed by atoms with Crippen LogP contribution in [0.15, 0.2) is 48.5 Å². The largest absolute Gasteiger partial charge is 0.339 e. The van der Waals surface area contributed by atoms with E-state index in [0.29, 0.717) is 11.3 Å². The smallest absolute Gasteiger partial charge is 0.256 e. The summed E-state index contributed by atoms with van der Waals surface area (Å²) in [5.41, 5.74) is 5.03. The zero-order valence-corrected chi connectivity index (χ0v) is 19.1. The van der Waals surface area contributed by atoms with Crippen LogP contribution in [-0.4, -0.2) is 39.6 Å². The summed E-state index contributed by atoms with van der Waals surface area (Å²) in [6, 6.07) is 11.6. The summed E-state index contributed by atoms with van der Waals surface area (Å²) in [7, 11) is 0. The summed E-state index contributed by atoms with van der Waals surface area (Å²) < 4.78 is 15.0. The first-order valence-electron chi connectivity index (χ1n) is 11.1. The third kappa shape index (κ3) is 4.72. The van der Waals surface area contributed by atoms with E-state index in [4.69, 9.17) is 0 Å². The number of rotatable bonds is 5. The molecule has 0 unspecified atom stereocenters. The molecule has 33 heavy (non-hydrogen) atoms. The third-order valence-corrected chi connectivity index (χ3v) is 5.96. The van der Waals surface area contributed by atoms with Crippen molar-refractivity contribution in [3.8, 4) is 5.69 Å². The number of amides is 2. The van der Waals surface area contributed by atoms with E-state index in [1.54, 1.807) is 29.0 Å². The first-order valence-corrected chi connectivity index (χ1v) is 11.1. The highest BCUT2D eigenvalue weighted by molar-refractivity contribution is 6.08. The van der Waals surface area contributed by atoms with Gasteiger partial charge < -0.3 is 10.2 Å². The molecule has 0 saturated carbocycles. The molecule has 1 aromatic heterocycles. The van der Waals surface area contributed by atoms with Crippen molar-refractivity contribution >= 4 is 23.6 Å². The number of nitrogens with zero attached hydrogens (tertiary/aromatic N) is 3. The van der Waals surface area contributed by atoms with E-state index < -0.39 is 0 Å². The fourth-order valence-corrected chi connectivity index (χ4v) is 4.20. The van der Waals surface area contributed by atoms with Gasteiger partial charge in [0.1, 0.15) is 5.82 Å². The van der Waals surface area contributed by atoms with Gasteiger partial charge in [-0.2, -0.15) is 5.10 Å². The van der Waals surface area contributed by atoms with Crippen molar-refractivity contribution in [2.75, 3.05) is 18.4 Å². The molecule has 0 spiro atoms. The van der Waals surface area contributed by atoms with Crippen LogP contribution < -0.4 is 5.32 Å². The zero-order valence-electron chi connectivity index (χ0n) is 19.1. The molecular formula is C26H27FN4O2. The number of likely N-dealkylation sites (tertiary alicyclic amines) is 1. The van der Waals surface area contributed by atoms with Crippen LogP contribution in [-0.2, 0) is 4.79 Å². The molecule has 2 aromatic carbocycles. The normalized spacial score (nSPS) is 13.6. The number of anilines is 1. The summed E-state index contributed by atoms with van der Waals surface area (Å²) in [5.74, 6) is -0.683. The minimum atomic E-state index is -0.329. The molecule has 1 aliphatic rings. The Balaban J connectivity index is 1.54. The number of aryl methyl sites for hydroxylation is 2. The van der Waals surface area contributed by atoms with Crippen LogP contribution in [0.2, 0.25) is 0 Å². The standard InChI is InChI=1S/C26H27FN4O2/c1-17-7-6-8-23(25(17)26(33)30-15-4-5-16-30)28-24(32)14-13-22-18(2)29-31(19(22)3)21-11-9-20(27)10-12-21/h6-14H,4-5,15-16H2,1-3H3,(H,28,32)/b14-13+. The van der Waals surface area contributed by atoms with E-state index in [9.17, 15) is 14.0 Å². The number of halogens is 1. The number of carbonyl (C=O) groups excluding carboxylic acids is 2. The lowest BCUT2D eigenvalue weighted by atomic mass is 10.0. The van der Waals surface area contributed by atoms with Gasteiger partial charge in [-0.1, -0.05) is 12.1 Å². The molecule has 0 aliphatic carbocycles. The van der Waals surface area contributed by atoms with E-state index in [0.717, 1.165) is 54.1 Å². The predicted molar refractivity (Wildman–Crippen MR) is 127 cm³/mol. The third-order valence-electron chi connectivity index (χ3n) is 5.96. The van der Waals surface area contributed by atoms with Crippen LogP contribution in [0.3, 0.4) is 0 Å². The van der Waals surface area contributed by atoms with Crippen LogP contribution in [0, 0.1) is 26.6 Å². The number of hydrogen-bond donors (Lipinski definition) is 1. The number of hydrogen-bond acceptors (Lipinski definition) is 3. The van der Waals surface area contributed by atoms with E-state index in [-0.39, 0.29) is 17.6 Å². The Morgan fingerprint density at radius 3 is 2.42 bits per heavy atom. The highest BCUT2D eigenvalue weighted by Gasteiger charge is 2.24. The lowest BCUT2D eigenvalue weighted by Crippen LogP contribution is -2.29. The van der Waals surface area contributed by atoms with Gasteiger partial charge in [-0.05, 0) is 75.6 Å². The van der Waals surface area contributed by atoms with Crippen LogP contribution in [0.4, 0.5) is 10.1 Å². The molecule has 1 N–H and O–H groups in total. The molecule has 3 aromatic rings. The Morgan fingerprint density at radius 1 is 1.03 bits per heavy atom. The van der Waals surface area contributed by atoms with Gasteiger partial charge in [0.25, 0.3) is 5.91 Å². The lowest BCUT2D eigenvalue weighted by molar-refractivity contribution is -0.111. The Labute approximate surface area is 192 Å². The molecule has 6 nitrogen and oxygen atoms in total. The molecule has 0 atom stereocenters. The van der Waals surface area contributed by atoms with Gasteiger partial charge in [0.05, 0.1) is 22.6 Å². The van der Waals surface area contributed by atoms with Crippen molar-refractivity contribution in [1.82, 2.24) is 14.7 Å². The van der Waals surface area contributed by atoms with Crippen molar-refractivity contribution < 1.29 is 14.0 Å². The van der Waals surface area contributed by atoms with E-state index in [2.05, 4.69) is 10.4 Å². The number of aromatic nitrogens is 2. The fraction of sp³-hybridized carbons (Fsp3) is 0.269. The van der Waals surface area contributed by atoms with Crippen LogP contribution >= 0.6 is 0 Å². The zero-order chi connectivity index (χ0) is 23.5. The van der Waals surface area contributed by atoms with E-state index in [1.165, 1.54) is 18.2 Å². The average Bonchev–Trinajstić information content (AvgIpc) is 3.41. The molecule has 4 rings (SSSR count). The second-order valence-electron chi connectivity index (χ2n) is 8.29. The number of benzene rings is 2. The minimum absolute atomic E-state index is 0.0443. The van der Waals surface area contributed by atoms with Gasteiger partial charge >= 0.3 is 0 Å². The van der Waals surface area contributed by atoms with E-state index >= 15 is 0 Å². The van der Waals surface area contributed by atoms with Gasteiger partial charge in [0.15, 0.2) is 0 Å². The Bertz CT molecular complexity index is 1220. The summed E-state index contributed by atoms with van der Waals surface area (Å²) >= 11 is 0. The van der Waals surface area contributed by atoms with Crippen molar-refractivity contribution in [3.63, 3.8) is 0 Å². The maximum Gasteiger partial charge on any atom is 0.256 e. The summed E-state index contributed by atoms with van der Waals surface area (Å²) in [5, 5.41) is 7.39. The molecular weight excluding hydrogens is 419 g/mol. The minimum Gasteiger partial charge on any atom is -0.339 e. The topological polar surface area (TPSA) is 67.2 Å². The Hall–Kier alpha value is -3.74. The van der Waals surface area contributed by atoms with Crippen molar-refractivity contribution in [2.45, 2.75) is 33.6 Å². The van der Waals surface area contributed by atoms with E-state index in [1.807, 2.05) is 37.8 Å². The van der Waals surface area contributed by atoms with Crippen molar-refractivity contribution in [3.05, 3.63) is 82.4 Å². The molecule has 7 heteroatoms. The van der Waals surface area contributed by atoms with Gasteiger partial charge in [-0.3, -0.25) is 9.59 Å². The molecule has 2 heterocycles. The first kappa shape index (κ1) is 22.5. The highest BCUT2D eigenvalue weighted by atomic mass is 19.1. The predicted octanol–water partition coefficient (Wildman–Crippen LogP) is 4.82. The summed E-state index contributed by atoms with van der Waals surface area (Å²) in [6.45, 7) is 7.13. The number of carbonyl (C=O) groups is 2. The summed E-state index contributed by atoms with van der Waals surface area (Å²) in [4.78, 5) is 27.6. The molecule has 1 fully saturated rings. The Kier molecular flexibility index (Phi) is 6.40. The molecule has 1 saturated heterocycles. The molecule has 1 aliphatic heterocycles. The van der Waals surface area contributed by atoms with Crippen molar-refractivity contribution in [1.29, 1.82) is 0 Å². The van der Waals surface area contributed by atoms with Gasteiger partial charge in [0.2, 0.25) is 5.91 Å². The highest BCUT2D eigenvalue weighted by Crippen LogP contribution is 2.24. The SMILES string of the molecule is Cc1cccc(NC(=O)/C=C/c2c(C)nn(-c3ccc(F)cc3)c2C)c1C(=O)N1CCCC1. The molecule has 2 amide bonds. The number of nitrogens with one attached hydrogen (secondary N) is 1. The van der Waals surface area contributed by atoms with Gasteiger partial charge in [0, 0.05) is 30.4 Å². The fourth-order valence-electron chi connectivity index (χ4n) is 4.20. The van der Waals surface area contributed by atoms with Crippen molar-refractivity contribution in [2.24, 2.45) is 0 Å². The molecule has 170 valence electrons. The monoisotopic (exact) mass is 446 g/mol. The average molecular weight is 447 g/mol. The van der Waals surface area contributed by atoms with Gasteiger partial charge in [-0.15, -0.1) is 0 Å². The Morgan fingerprint density at radius 2 is 1.73 bits per heavy atom. The second kappa shape index (κ2) is 9.40. The first-order chi connectivity index (χ1) is 15.8. The maximum atomic E-state index is 13.3.